The fraction of sp³-hybridized carbons (Fsp3) is 0.278. The summed E-state index contributed by atoms with van der Waals surface area (Å²) in [6.45, 7) is 2.66. The SMILES string of the molecule is CCCc1ccccc1NC(=O)NCc1ccc(SC)cc1. The number of carbonyl (C=O) groups excluding carboxylic acids is 1. The molecule has 2 N–H and O–H groups in total. The van der Waals surface area contributed by atoms with Gasteiger partial charge in [0.05, 0.1) is 0 Å². The summed E-state index contributed by atoms with van der Waals surface area (Å²) in [5, 5.41) is 5.83. The highest BCUT2D eigenvalue weighted by Gasteiger charge is 2.05. The second kappa shape index (κ2) is 8.49. The molecule has 2 rings (SSSR count). The number of amides is 2. The van der Waals surface area contributed by atoms with Crippen LogP contribution in [0.15, 0.2) is 53.4 Å². The number of thioether (sulfide) groups is 1. The van der Waals surface area contributed by atoms with E-state index in [-0.39, 0.29) is 6.03 Å². The van der Waals surface area contributed by atoms with Crippen LogP contribution in [0.4, 0.5) is 10.5 Å². The molecule has 22 heavy (non-hydrogen) atoms. The van der Waals surface area contributed by atoms with Gasteiger partial charge in [-0.3, -0.25) is 0 Å². The monoisotopic (exact) mass is 314 g/mol. The van der Waals surface area contributed by atoms with Gasteiger partial charge in [0, 0.05) is 17.1 Å². The largest absolute Gasteiger partial charge is 0.334 e. The first kappa shape index (κ1) is 16.4. The Morgan fingerprint density at radius 1 is 1.09 bits per heavy atom. The van der Waals surface area contributed by atoms with Crippen LogP contribution in [0, 0.1) is 0 Å². The fourth-order valence-corrected chi connectivity index (χ4v) is 2.63. The molecule has 0 aliphatic carbocycles. The van der Waals surface area contributed by atoms with E-state index in [9.17, 15) is 4.79 Å². The van der Waals surface area contributed by atoms with Gasteiger partial charge in [0.1, 0.15) is 0 Å². The van der Waals surface area contributed by atoms with Crippen molar-refractivity contribution >= 4 is 23.5 Å². The minimum absolute atomic E-state index is 0.169. The van der Waals surface area contributed by atoms with Crippen molar-refractivity contribution in [2.75, 3.05) is 11.6 Å². The maximum atomic E-state index is 12.0. The number of hydrogen-bond donors (Lipinski definition) is 2. The predicted molar refractivity (Wildman–Crippen MR) is 94.5 cm³/mol. The number of rotatable bonds is 6. The van der Waals surface area contributed by atoms with Crippen molar-refractivity contribution in [3.05, 3.63) is 59.7 Å². The molecule has 116 valence electrons. The van der Waals surface area contributed by atoms with E-state index in [0.29, 0.717) is 6.54 Å². The van der Waals surface area contributed by atoms with Crippen molar-refractivity contribution in [3.63, 3.8) is 0 Å². The molecule has 2 aromatic rings. The zero-order chi connectivity index (χ0) is 15.8. The third-order valence-electron chi connectivity index (χ3n) is 3.40. The molecule has 0 aromatic heterocycles. The summed E-state index contributed by atoms with van der Waals surface area (Å²) in [5.74, 6) is 0. The van der Waals surface area contributed by atoms with Crippen molar-refractivity contribution in [2.24, 2.45) is 0 Å². The average molecular weight is 314 g/mol. The Morgan fingerprint density at radius 3 is 2.50 bits per heavy atom. The molecule has 0 aliphatic rings. The van der Waals surface area contributed by atoms with Gasteiger partial charge in [-0.15, -0.1) is 11.8 Å². The van der Waals surface area contributed by atoms with Crippen molar-refractivity contribution in [2.45, 2.75) is 31.2 Å². The van der Waals surface area contributed by atoms with Gasteiger partial charge < -0.3 is 10.6 Å². The van der Waals surface area contributed by atoms with E-state index in [2.05, 4.69) is 42.0 Å². The molecular formula is C18H22N2OS. The summed E-state index contributed by atoms with van der Waals surface area (Å²) < 4.78 is 0. The first-order valence-corrected chi connectivity index (χ1v) is 8.71. The van der Waals surface area contributed by atoms with Crippen molar-refractivity contribution in [1.29, 1.82) is 0 Å². The average Bonchev–Trinajstić information content (AvgIpc) is 2.55. The highest BCUT2D eigenvalue weighted by atomic mass is 32.2. The number of benzene rings is 2. The van der Waals surface area contributed by atoms with Gasteiger partial charge in [0.15, 0.2) is 0 Å². The Bertz CT molecular complexity index is 611. The van der Waals surface area contributed by atoms with E-state index in [1.54, 1.807) is 11.8 Å². The first-order valence-electron chi connectivity index (χ1n) is 7.48. The highest BCUT2D eigenvalue weighted by molar-refractivity contribution is 7.98. The lowest BCUT2D eigenvalue weighted by atomic mass is 10.1. The predicted octanol–water partition coefficient (Wildman–Crippen LogP) is 4.68. The molecule has 0 fully saturated rings. The zero-order valence-electron chi connectivity index (χ0n) is 13.1. The summed E-state index contributed by atoms with van der Waals surface area (Å²) in [6, 6.07) is 16.0. The maximum absolute atomic E-state index is 12.0. The van der Waals surface area contributed by atoms with Crippen LogP contribution in [0.5, 0.6) is 0 Å². The van der Waals surface area contributed by atoms with Gasteiger partial charge in [0.2, 0.25) is 0 Å². The van der Waals surface area contributed by atoms with E-state index < -0.39 is 0 Å². The fourth-order valence-electron chi connectivity index (χ4n) is 2.22. The lowest BCUT2D eigenvalue weighted by Crippen LogP contribution is -2.28. The summed E-state index contributed by atoms with van der Waals surface area (Å²) in [4.78, 5) is 13.3. The van der Waals surface area contributed by atoms with Gasteiger partial charge in [-0.05, 0) is 42.0 Å². The third-order valence-corrected chi connectivity index (χ3v) is 4.14. The number of hydrogen-bond acceptors (Lipinski definition) is 2. The Kier molecular flexibility index (Phi) is 6.34. The Morgan fingerprint density at radius 2 is 1.82 bits per heavy atom. The summed E-state index contributed by atoms with van der Waals surface area (Å²) in [6.07, 6.45) is 4.07. The lowest BCUT2D eigenvalue weighted by Gasteiger charge is -2.11. The quantitative estimate of drug-likeness (QED) is 0.760. The van der Waals surface area contributed by atoms with E-state index >= 15 is 0 Å². The molecule has 0 saturated carbocycles. The smallest absolute Gasteiger partial charge is 0.319 e. The van der Waals surface area contributed by atoms with Gasteiger partial charge in [-0.1, -0.05) is 43.7 Å². The summed E-state index contributed by atoms with van der Waals surface area (Å²) in [5.41, 5.74) is 3.15. The zero-order valence-corrected chi connectivity index (χ0v) is 13.9. The van der Waals surface area contributed by atoms with Crippen LogP contribution in [-0.2, 0) is 13.0 Å². The van der Waals surface area contributed by atoms with Crippen LogP contribution in [0.3, 0.4) is 0 Å². The van der Waals surface area contributed by atoms with E-state index in [4.69, 9.17) is 0 Å². The minimum Gasteiger partial charge on any atom is -0.334 e. The molecule has 2 aromatic carbocycles. The number of urea groups is 1. The van der Waals surface area contributed by atoms with Crippen LogP contribution in [0.1, 0.15) is 24.5 Å². The number of aryl methyl sites for hydroxylation is 1. The van der Waals surface area contributed by atoms with Crippen LogP contribution in [0.25, 0.3) is 0 Å². The number of nitrogens with one attached hydrogen (secondary N) is 2. The molecule has 3 nitrogen and oxygen atoms in total. The summed E-state index contributed by atoms with van der Waals surface area (Å²) >= 11 is 1.71. The highest BCUT2D eigenvalue weighted by Crippen LogP contribution is 2.17. The maximum Gasteiger partial charge on any atom is 0.319 e. The molecular weight excluding hydrogens is 292 g/mol. The lowest BCUT2D eigenvalue weighted by molar-refractivity contribution is 0.251. The van der Waals surface area contributed by atoms with Crippen molar-refractivity contribution < 1.29 is 4.79 Å². The van der Waals surface area contributed by atoms with Crippen molar-refractivity contribution in [3.8, 4) is 0 Å². The second-order valence-corrected chi connectivity index (χ2v) is 5.94. The molecule has 0 saturated heterocycles. The van der Waals surface area contributed by atoms with Gasteiger partial charge in [-0.2, -0.15) is 0 Å². The van der Waals surface area contributed by atoms with Gasteiger partial charge in [-0.25, -0.2) is 4.79 Å². The molecule has 0 atom stereocenters. The molecule has 0 unspecified atom stereocenters. The topological polar surface area (TPSA) is 41.1 Å². The standard InChI is InChI=1S/C18H22N2OS/c1-3-6-15-7-4-5-8-17(15)20-18(21)19-13-14-9-11-16(22-2)12-10-14/h4-5,7-12H,3,6,13H2,1-2H3,(H2,19,20,21). The van der Waals surface area contributed by atoms with Crippen LogP contribution >= 0.6 is 11.8 Å². The second-order valence-electron chi connectivity index (χ2n) is 5.06. The van der Waals surface area contributed by atoms with E-state index in [1.807, 2.05) is 30.3 Å². The molecule has 0 aliphatic heterocycles. The Balaban J connectivity index is 1.90. The Hall–Kier alpha value is -1.94. The third kappa shape index (κ3) is 4.81. The van der Waals surface area contributed by atoms with Crippen LogP contribution in [0.2, 0.25) is 0 Å². The first-order chi connectivity index (χ1) is 10.7. The molecule has 0 bridgehead atoms. The van der Waals surface area contributed by atoms with E-state index in [1.165, 1.54) is 10.5 Å². The van der Waals surface area contributed by atoms with E-state index in [0.717, 1.165) is 24.1 Å². The van der Waals surface area contributed by atoms with Crippen LogP contribution in [-0.4, -0.2) is 12.3 Å². The number of carbonyl (C=O) groups is 1. The number of para-hydroxylation sites is 1. The molecule has 0 radical (unpaired) electrons. The Labute approximate surface area is 136 Å². The van der Waals surface area contributed by atoms with Crippen LogP contribution < -0.4 is 10.6 Å². The van der Waals surface area contributed by atoms with Gasteiger partial charge >= 0.3 is 6.03 Å². The molecule has 4 heteroatoms. The van der Waals surface area contributed by atoms with Gasteiger partial charge in [0.25, 0.3) is 0 Å². The normalized spacial score (nSPS) is 10.3. The molecule has 2 amide bonds. The minimum atomic E-state index is -0.169. The molecule has 0 spiro atoms. The van der Waals surface area contributed by atoms with Crippen molar-refractivity contribution in [1.82, 2.24) is 5.32 Å². The summed E-state index contributed by atoms with van der Waals surface area (Å²) in [7, 11) is 0. The molecule has 0 heterocycles. The number of anilines is 1.